The standard InChI is InChI=1S/C14H20F2N4O2/c1-20-11(12(15)16)9(8-17-20)18-13(21)19-10-4-7-22-14(10)5-2-3-6-14/h8,10,12H,2-7H2,1H3,(H2,18,19,21). The third-order valence-electron chi connectivity index (χ3n) is 4.63. The molecule has 1 aliphatic carbocycles. The number of hydrogen-bond donors (Lipinski definition) is 2. The number of carbonyl (C=O) groups excluding carboxylic acids is 1. The maximum Gasteiger partial charge on any atom is 0.319 e. The molecule has 2 N–H and O–H groups in total. The van der Waals surface area contributed by atoms with Crippen LogP contribution < -0.4 is 10.6 Å². The van der Waals surface area contributed by atoms with Crippen LogP contribution in [0.4, 0.5) is 19.3 Å². The van der Waals surface area contributed by atoms with Crippen LogP contribution in [0.15, 0.2) is 6.20 Å². The van der Waals surface area contributed by atoms with Crippen LogP contribution in [0.1, 0.15) is 44.2 Å². The zero-order chi connectivity index (χ0) is 15.7. The fourth-order valence-electron chi connectivity index (χ4n) is 3.53. The zero-order valence-electron chi connectivity index (χ0n) is 12.4. The number of nitrogens with zero attached hydrogens (tertiary/aromatic N) is 2. The molecule has 0 aromatic carbocycles. The summed E-state index contributed by atoms with van der Waals surface area (Å²) in [7, 11) is 1.42. The van der Waals surface area contributed by atoms with Crippen molar-refractivity contribution in [2.45, 2.75) is 50.2 Å². The van der Waals surface area contributed by atoms with Crippen molar-refractivity contribution in [2.75, 3.05) is 11.9 Å². The van der Waals surface area contributed by atoms with E-state index in [2.05, 4.69) is 15.7 Å². The molecular formula is C14H20F2N4O2. The average molecular weight is 314 g/mol. The highest BCUT2D eigenvalue weighted by Gasteiger charge is 2.46. The highest BCUT2D eigenvalue weighted by molar-refractivity contribution is 5.90. The first kappa shape index (κ1) is 15.2. The number of anilines is 1. The molecule has 1 aromatic heterocycles. The summed E-state index contributed by atoms with van der Waals surface area (Å²) in [5.74, 6) is 0. The van der Waals surface area contributed by atoms with E-state index in [4.69, 9.17) is 4.74 Å². The number of carbonyl (C=O) groups is 1. The average Bonchev–Trinajstić information content (AvgIpc) is 3.15. The number of aryl methyl sites for hydroxylation is 1. The van der Waals surface area contributed by atoms with Crippen molar-refractivity contribution >= 4 is 11.7 Å². The van der Waals surface area contributed by atoms with Crippen LogP contribution in [0, 0.1) is 0 Å². The number of nitrogens with one attached hydrogen (secondary N) is 2. The Morgan fingerprint density at radius 2 is 2.23 bits per heavy atom. The predicted molar refractivity (Wildman–Crippen MR) is 75.9 cm³/mol. The molecule has 2 fully saturated rings. The second kappa shape index (κ2) is 5.83. The third-order valence-corrected chi connectivity index (χ3v) is 4.63. The van der Waals surface area contributed by atoms with E-state index >= 15 is 0 Å². The zero-order valence-corrected chi connectivity index (χ0v) is 12.4. The number of aromatic nitrogens is 2. The fourth-order valence-corrected chi connectivity index (χ4v) is 3.53. The van der Waals surface area contributed by atoms with E-state index in [1.165, 1.54) is 13.2 Å². The van der Waals surface area contributed by atoms with Gasteiger partial charge in [0.05, 0.1) is 23.5 Å². The van der Waals surface area contributed by atoms with E-state index in [0.29, 0.717) is 6.61 Å². The first-order chi connectivity index (χ1) is 10.5. The van der Waals surface area contributed by atoms with Crippen LogP contribution in [0.25, 0.3) is 0 Å². The maximum absolute atomic E-state index is 13.0. The molecule has 2 amide bonds. The minimum absolute atomic E-state index is 0.0365. The second-order valence-corrected chi connectivity index (χ2v) is 5.93. The largest absolute Gasteiger partial charge is 0.373 e. The number of urea groups is 1. The van der Waals surface area contributed by atoms with Gasteiger partial charge in [-0.25, -0.2) is 13.6 Å². The van der Waals surface area contributed by atoms with Gasteiger partial charge in [-0.3, -0.25) is 4.68 Å². The van der Waals surface area contributed by atoms with Crippen molar-refractivity contribution in [1.29, 1.82) is 0 Å². The molecule has 2 heterocycles. The number of hydrogen-bond acceptors (Lipinski definition) is 3. The molecule has 1 saturated heterocycles. The van der Waals surface area contributed by atoms with Gasteiger partial charge in [0.15, 0.2) is 0 Å². The monoisotopic (exact) mass is 314 g/mol. The van der Waals surface area contributed by atoms with Gasteiger partial charge in [0, 0.05) is 13.7 Å². The van der Waals surface area contributed by atoms with E-state index in [1.807, 2.05) is 0 Å². The van der Waals surface area contributed by atoms with E-state index in [1.54, 1.807) is 0 Å². The quantitative estimate of drug-likeness (QED) is 0.901. The third kappa shape index (κ3) is 2.67. The SMILES string of the molecule is Cn1ncc(NC(=O)NC2CCOC23CCCC3)c1C(F)F. The summed E-state index contributed by atoms with van der Waals surface area (Å²) in [5, 5.41) is 9.12. The summed E-state index contributed by atoms with van der Waals surface area (Å²) in [4.78, 5) is 12.1. The molecule has 6 nitrogen and oxygen atoms in total. The van der Waals surface area contributed by atoms with Gasteiger partial charge in [0.2, 0.25) is 0 Å². The lowest BCUT2D eigenvalue weighted by Gasteiger charge is -2.30. The van der Waals surface area contributed by atoms with Gasteiger partial charge >= 0.3 is 6.03 Å². The maximum atomic E-state index is 13.0. The Morgan fingerprint density at radius 1 is 1.50 bits per heavy atom. The van der Waals surface area contributed by atoms with Crippen molar-refractivity contribution in [1.82, 2.24) is 15.1 Å². The molecule has 3 rings (SSSR count). The Morgan fingerprint density at radius 3 is 2.91 bits per heavy atom. The molecule has 0 radical (unpaired) electrons. The molecular weight excluding hydrogens is 294 g/mol. The number of alkyl halides is 2. The Hall–Kier alpha value is -1.70. The number of amides is 2. The Labute approximate surface area is 127 Å². The summed E-state index contributed by atoms with van der Waals surface area (Å²) in [5.41, 5.74) is -0.527. The molecule has 0 bridgehead atoms. The van der Waals surface area contributed by atoms with Crippen molar-refractivity contribution in [2.24, 2.45) is 7.05 Å². The summed E-state index contributed by atoms with van der Waals surface area (Å²) in [6, 6.07) is -0.557. The van der Waals surface area contributed by atoms with E-state index in [-0.39, 0.29) is 23.0 Å². The van der Waals surface area contributed by atoms with Crippen LogP contribution in [-0.4, -0.2) is 34.1 Å². The molecule has 2 aliphatic rings. The number of rotatable bonds is 3. The lowest BCUT2D eigenvalue weighted by molar-refractivity contribution is -0.00231. The van der Waals surface area contributed by atoms with Crippen LogP contribution >= 0.6 is 0 Å². The second-order valence-electron chi connectivity index (χ2n) is 5.93. The van der Waals surface area contributed by atoms with Gasteiger partial charge in [0.1, 0.15) is 5.69 Å². The Balaban J connectivity index is 1.66. The first-order valence-corrected chi connectivity index (χ1v) is 7.53. The van der Waals surface area contributed by atoms with Crippen LogP contribution in [0.5, 0.6) is 0 Å². The van der Waals surface area contributed by atoms with Crippen LogP contribution in [-0.2, 0) is 11.8 Å². The summed E-state index contributed by atoms with van der Waals surface area (Å²) in [6.07, 6.45) is 3.36. The van der Waals surface area contributed by atoms with Gasteiger partial charge in [-0.05, 0) is 19.3 Å². The minimum Gasteiger partial charge on any atom is -0.373 e. The molecule has 22 heavy (non-hydrogen) atoms. The normalized spacial score (nSPS) is 23.4. The van der Waals surface area contributed by atoms with E-state index in [0.717, 1.165) is 36.8 Å². The molecule has 1 unspecified atom stereocenters. The Bertz CT molecular complexity index is 550. The topological polar surface area (TPSA) is 68.2 Å². The van der Waals surface area contributed by atoms with Gasteiger partial charge in [-0.15, -0.1) is 0 Å². The molecule has 1 atom stereocenters. The van der Waals surface area contributed by atoms with Gasteiger partial charge in [-0.1, -0.05) is 12.8 Å². The van der Waals surface area contributed by atoms with Crippen molar-refractivity contribution in [3.63, 3.8) is 0 Å². The van der Waals surface area contributed by atoms with E-state index < -0.39 is 12.5 Å². The smallest absolute Gasteiger partial charge is 0.319 e. The summed E-state index contributed by atoms with van der Waals surface area (Å²) < 4.78 is 32.8. The lowest BCUT2D eigenvalue weighted by Crippen LogP contribution is -2.49. The first-order valence-electron chi connectivity index (χ1n) is 7.53. The minimum atomic E-state index is -2.70. The van der Waals surface area contributed by atoms with Crippen molar-refractivity contribution in [3.8, 4) is 0 Å². The molecule has 1 spiro atoms. The molecule has 8 heteroatoms. The highest BCUT2D eigenvalue weighted by atomic mass is 19.3. The lowest BCUT2D eigenvalue weighted by atomic mass is 9.93. The van der Waals surface area contributed by atoms with Crippen molar-refractivity contribution in [3.05, 3.63) is 11.9 Å². The van der Waals surface area contributed by atoms with Gasteiger partial charge < -0.3 is 15.4 Å². The van der Waals surface area contributed by atoms with Gasteiger partial charge in [0.25, 0.3) is 6.43 Å². The van der Waals surface area contributed by atoms with Crippen LogP contribution in [0.3, 0.4) is 0 Å². The summed E-state index contributed by atoms with van der Waals surface area (Å²) >= 11 is 0. The summed E-state index contributed by atoms with van der Waals surface area (Å²) in [6.45, 7) is 0.625. The molecule has 122 valence electrons. The van der Waals surface area contributed by atoms with Crippen molar-refractivity contribution < 1.29 is 18.3 Å². The highest BCUT2D eigenvalue weighted by Crippen LogP contribution is 2.41. The Kier molecular flexibility index (Phi) is 4.03. The van der Waals surface area contributed by atoms with Crippen LogP contribution in [0.2, 0.25) is 0 Å². The van der Waals surface area contributed by atoms with Gasteiger partial charge in [-0.2, -0.15) is 5.10 Å². The number of ether oxygens (including phenoxy) is 1. The van der Waals surface area contributed by atoms with E-state index in [9.17, 15) is 13.6 Å². The molecule has 1 aliphatic heterocycles. The molecule has 1 aromatic rings. The fraction of sp³-hybridized carbons (Fsp3) is 0.714. The number of halogens is 2. The predicted octanol–water partition coefficient (Wildman–Crippen LogP) is 2.58. The molecule has 1 saturated carbocycles.